The fourth-order valence-electron chi connectivity index (χ4n) is 3.23. The predicted molar refractivity (Wildman–Crippen MR) is 117 cm³/mol. The number of hydrogen-bond acceptors (Lipinski definition) is 8. The molecule has 2 aromatic heterocycles. The quantitative estimate of drug-likeness (QED) is 0.427. The highest BCUT2D eigenvalue weighted by Gasteiger charge is 2.51. The van der Waals surface area contributed by atoms with E-state index in [4.69, 9.17) is 9.47 Å². The minimum atomic E-state index is -4.72. The van der Waals surface area contributed by atoms with Crippen LogP contribution in [0.1, 0.15) is 34.5 Å². The van der Waals surface area contributed by atoms with E-state index >= 15 is 0 Å². The van der Waals surface area contributed by atoms with Crippen molar-refractivity contribution in [2.24, 2.45) is 0 Å². The number of methoxy groups -OCH3 is 1. The molecule has 0 bridgehead atoms. The molecule has 1 aromatic carbocycles. The number of ether oxygens (including phenoxy) is 2. The molecule has 13 heteroatoms. The van der Waals surface area contributed by atoms with E-state index in [9.17, 15) is 27.9 Å². The van der Waals surface area contributed by atoms with Crippen LogP contribution in [0, 0.1) is 0 Å². The number of halogens is 3. The molecular weight excluding hydrogens is 483 g/mol. The second-order valence-corrected chi connectivity index (χ2v) is 7.94. The van der Waals surface area contributed by atoms with E-state index in [2.05, 4.69) is 25.6 Å². The van der Waals surface area contributed by atoms with Crippen molar-refractivity contribution >= 4 is 11.8 Å². The summed E-state index contributed by atoms with van der Waals surface area (Å²) in [6.45, 7) is 0.0232. The molecule has 4 rings (SSSR count). The van der Waals surface area contributed by atoms with Gasteiger partial charge in [0.1, 0.15) is 28.4 Å². The van der Waals surface area contributed by atoms with E-state index in [-0.39, 0.29) is 23.9 Å². The lowest BCUT2D eigenvalue weighted by atomic mass is 10.2. The Hall–Kier alpha value is -4.42. The van der Waals surface area contributed by atoms with Crippen LogP contribution in [0.5, 0.6) is 23.3 Å². The molecule has 1 fully saturated rings. The van der Waals surface area contributed by atoms with Gasteiger partial charge < -0.3 is 25.2 Å². The number of rotatable bonds is 8. The van der Waals surface area contributed by atoms with Gasteiger partial charge in [0.05, 0.1) is 31.1 Å². The standard InChI is InChI=1S/C23H20F3N5O5/c1-35-21-29-9-13(10-30-21)19(33)31-22(6-7-22)20(34)28-11-14-2-4-16(12-27-14)36-18-5-3-15(32)8-17(18)23(24,25)26/h2-5,8-10,12,32H,6-7,11H2,1H3,(H,28,34)(H,31,33). The lowest BCUT2D eigenvalue weighted by Gasteiger charge is -2.17. The maximum atomic E-state index is 13.2. The molecule has 3 aromatic rings. The number of phenolic OH excluding ortho intramolecular Hbond substituents is 1. The highest BCUT2D eigenvalue weighted by Crippen LogP contribution is 2.40. The van der Waals surface area contributed by atoms with Gasteiger partial charge in [-0.1, -0.05) is 0 Å². The minimum Gasteiger partial charge on any atom is -0.508 e. The maximum Gasteiger partial charge on any atom is 0.420 e. The molecule has 188 valence electrons. The number of nitrogens with one attached hydrogen (secondary N) is 2. The van der Waals surface area contributed by atoms with E-state index in [1.54, 1.807) is 0 Å². The number of aromatic hydroxyl groups is 1. The zero-order chi connectivity index (χ0) is 25.9. The molecule has 2 amide bonds. The highest BCUT2D eigenvalue weighted by molar-refractivity contribution is 6.00. The van der Waals surface area contributed by atoms with Crippen LogP contribution in [-0.4, -0.2) is 44.5 Å². The van der Waals surface area contributed by atoms with Gasteiger partial charge in [-0.25, -0.2) is 9.97 Å². The third-order valence-electron chi connectivity index (χ3n) is 5.33. The first-order valence-electron chi connectivity index (χ1n) is 10.6. The van der Waals surface area contributed by atoms with Crippen LogP contribution < -0.4 is 20.1 Å². The van der Waals surface area contributed by atoms with Crippen LogP contribution in [0.3, 0.4) is 0 Å². The van der Waals surface area contributed by atoms with Crippen molar-refractivity contribution in [3.05, 3.63) is 65.7 Å². The van der Waals surface area contributed by atoms with Gasteiger partial charge >= 0.3 is 12.2 Å². The molecule has 0 saturated heterocycles. The van der Waals surface area contributed by atoms with Gasteiger partial charge in [0.15, 0.2) is 0 Å². The van der Waals surface area contributed by atoms with Crippen LogP contribution in [0.25, 0.3) is 0 Å². The normalized spacial score (nSPS) is 14.0. The molecule has 0 radical (unpaired) electrons. The Morgan fingerprint density at radius 2 is 1.81 bits per heavy atom. The van der Waals surface area contributed by atoms with Crippen molar-refractivity contribution in [2.75, 3.05) is 7.11 Å². The fourth-order valence-corrected chi connectivity index (χ4v) is 3.23. The molecule has 10 nitrogen and oxygen atoms in total. The highest BCUT2D eigenvalue weighted by atomic mass is 19.4. The second kappa shape index (κ2) is 9.68. The van der Waals surface area contributed by atoms with E-state index in [1.165, 1.54) is 37.8 Å². The summed E-state index contributed by atoms with van der Waals surface area (Å²) in [7, 11) is 1.40. The van der Waals surface area contributed by atoms with Crippen molar-refractivity contribution in [2.45, 2.75) is 31.1 Å². The number of alkyl halides is 3. The van der Waals surface area contributed by atoms with Crippen LogP contribution in [0.15, 0.2) is 48.9 Å². The average Bonchev–Trinajstić information content (AvgIpc) is 3.64. The number of phenols is 1. The number of amides is 2. The van der Waals surface area contributed by atoms with Crippen LogP contribution in [-0.2, 0) is 17.5 Å². The first-order chi connectivity index (χ1) is 17.1. The zero-order valence-electron chi connectivity index (χ0n) is 18.8. The van der Waals surface area contributed by atoms with Gasteiger partial charge in [-0.05, 0) is 43.2 Å². The number of aromatic nitrogens is 3. The van der Waals surface area contributed by atoms with E-state index in [0.717, 1.165) is 12.1 Å². The Morgan fingerprint density at radius 3 is 2.39 bits per heavy atom. The number of benzene rings is 1. The van der Waals surface area contributed by atoms with Crippen molar-refractivity contribution in [1.29, 1.82) is 0 Å². The summed E-state index contributed by atoms with van der Waals surface area (Å²) in [6.07, 6.45) is -0.0177. The Kier molecular flexibility index (Phi) is 6.64. The van der Waals surface area contributed by atoms with Crippen molar-refractivity contribution in [3.8, 4) is 23.3 Å². The van der Waals surface area contributed by atoms with E-state index < -0.39 is 40.6 Å². The van der Waals surface area contributed by atoms with E-state index in [0.29, 0.717) is 24.6 Å². The molecule has 1 aliphatic rings. The Morgan fingerprint density at radius 1 is 1.08 bits per heavy atom. The first-order valence-corrected chi connectivity index (χ1v) is 10.6. The summed E-state index contributed by atoms with van der Waals surface area (Å²) in [5.74, 6) is -1.89. The van der Waals surface area contributed by atoms with Crippen molar-refractivity contribution < 1.29 is 37.3 Å². The molecule has 1 saturated carbocycles. The average molecular weight is 503 g/mol. The number of hydrogen-bond donors (Lipinski definition) is 3. The van der Waals surface area contributed by atoms with Crippen LogP contribution in [0.2, 0.25) is 0 Å². The predicted octanol–water partition coefficient (Wildman–Crippen LogP) is 2.98. The summed E-state index contributed by atoms with van der Waals surface area (Å²) < 4.78 is 49.7. The molecule has 2 heterocycles. The molecule has 0 spiro atoms. The summed E-state index contributed by atoms with van der Waals surface area (Å²) in [5.41, 5.74) is -1.58. The van der Waals surface area contributed by atoms with Gasteiger partial charge in [-0.2, -0.15) is 13.2 Å². The zero-order valence-corrected chi connectivity index (χ0v) is 18.8. The monoisotopic (exact) mass is 503 g/mol. The number of carbonyl (C=O) groups excluding carboxylic acids is 2. The lowest BCUT2D eigenvalue weighted by molar-refractivity contribution is -0.138. The molecule has 0 unspecified atom stereocenters. The molecule has 36 heavy (non-hydrogen) atoms. The van der Waals surface area contributed by atoms with Gasteiger partial charge in [0.2, 0.25) is 5.91 Å². The first kappa shape index (κ1) is 24.7. The van der Waals surface area contributed by atoms with Crippen LogP contribution in [0.4, 0.5) is 13.2 Å². The van der Waals surface area contributed by atoms with Gasteiger partial charge in [-0.3, -0.25) is 14.6 Å². The van der Waals surface area contributed by atoms with E-state index in [1.807, 2.05) is 0 Å². The number of nitrogens with zero attached hydrogens (tertiary/aromatic N) is 3. The fraction of sp³-hybridized carbons (Fsp3) is 0.261. The molecule has 3 N–H and O–H groups in total. The number of pyridine rings is 1. The third kappa shape index (κ3) is 5.62. The summed E-state index contributed by atoms with van der Waals surface area (Å²) in [6, 6.07) is 5.65. The van der Waals surface area contributed by atoms with Crippen molar-refractivity contribution in [1.82, 2.24) is 25.6 Å². The SMILES string of the molecule is COc1ncc(C(=O)NC2(C(=O)NCc3ccc(Oc4ccc(O)cc4C(F)(F)F)cn3)CC2)cn1. The second-order valence-electron chi connectivity index (χ2n) is 7.94. The Bertz CT molecular complexity index is 1260. The minimum absolute atomic E-state index is 0.0232. The molecule has 1 aliphatic carbocycles. The lowest BCUT2D eigenvalue weighted by Crippen LogP contribution is -2.48. The van der Waals surface area contributed by atoms with Gasteiger partial charge in [0, 0.05) is 12.4 Å². The summed E-state index contributed by atoms with van der Waals surface area (Å²) >= 11 is 0. The Labute approximate surface area is 202 Å². The molecular formula is C23H20F3N5O5. The van der Waals surface area contributed by atoms with Gasteiger partial charge in [-0.15, -0.1) is 0 Å². The smallest absolute Gasteiger partial charge is 0.420 e. The largest absolute Gasteiger partial charge is 0.508 e. The number of carbonyl (C=O) groups is 2. The van der Waals surface area contributed by atoms with Gasteiger partial charge in [0.25, 0.3) is 5.91 Å². The topological polar surface area (TPSA) is 136 Å². The summed E-state index contributed by atoms with van der Waals surface area (Å²) in [4.78, 5) is 37.0. The molecule has 0 aliphatic heterocycles. The third-order valence-corrected chi connectivity index (χ3v) is 5.33. The van der Waals surface area contributed by atoms with Crippen LogP contribution >= 0.6 is 0 Å². The maximum absolute atomic E-state index is 13.2. The van der Waals surface area contributed by atoms with Crippen molar-refractivity contribution in [3.63, 3.8) is 0 Å². The molecule has 0 atom stereocenters. The Balaban J connectivity index is 1.34. The summed E-state index contributed by atoms with van der Waals surface area (Å²) in [5, 5.41) is 14.7.